The molecule has 0 aliphatic heterocycles. The topological polar surface area (TPSA) is 39.1 Å². The molecular weight excluding hydrogens is 234 g/mol. The first kappa shape index (κ1) is 14.8. The van der Waals surface area contributed by atoms with Crippen molar-refractivity contribution < 1.29 is 0 Å². The fourth-order valence-electron chi connectivity index (χ4n) is 2.70. The van der Waals surface area contributed by atoms with Crippen LogP contribution in [0.1, 0.15) is 58.8 Å². The van der Waals surface area contributed by atoms with Crippen LogP contribution in [0.4, 0.5) is 0 Å². The van der Waals surface area contributed by atoms with Gasteiger partial charge in [0.1, 0.15) is 5.54 Å². The van der Waals surface area contributed by atoms with Gasteiger partial charge in [0.2, 0.25) is 0 Å². The van der Waals surface area contributed by atoms with Gasteiger partial charge in [-0.25, -0.2) is 0 Å². The third-order valence-electron chi connectivity index (χ3n) is 4.41. The number of nitrogens with zero attached hydrogens (tertiary/aromatic N) is 2. The molecule has 3 nitrogen and oxygen atoms in total. The molecule has 0 aromatic heterocycles. The van der Waals surface area contributed by atoms with Crippen molar-refractivity contribution in [3.63, 3.8) is 0 Å². The van der Waals surface area contributed by atoms with E-state index >= 15 is 0 Å². The maximum Gasteiger partial charge on any atom is 0.104 e. The second kappa shape index (κ2) is 6.72. The zero-order chi connectivity index (χ0) is 13.7. The summed E-state index contributed by atoms with van der Waals surface area (Å²) in [5.41, 5.74) is -0.297. The molecule has 2 aliphatic rings. The SMILES string of the molecule is CCN(CCCCC(C)(C#N)NC1CC1)CC1CC1. The van der Waals surface area contributed by atoms with Gasteiger partial charge in [-0.15, -0.1) is 0 Å². The van der Waals surface area contributed by atoms with Crippen LogP contribution in [-0.2, 0) is 0 Å². The molecule has 2 saturated carbocycles. The lowest BCUT2D eigenvalue weighted by atomic mass is 9.96. The Morgan fingerprint density at radius 1 is 1.26 bits per heavy atom. The Labute approximate surface area is 118 Å². The molecule has 2 aliphatic carbocycles. The summed E-state index contributed by atoms with van der Waals surface area (Å²) in [6.45, 7) is 8.00. The highest BCUT2D eigenvalue weighted by Gasteiger charge is 2.32. The minimum Gasteiger partial charge on any atom is -0.303 e. The van der Waals surface area contributed by atoms with Gasteiger partial charge in [-0.05, 0) is 70.9 Å². The predicted octanol–water partition coefficient (Wildman–Crippen LogP) is 2.92. The Kier molecular flexibility index (Phi) is 5.24. The fourth-order valence-corrected chi connectivity index (χ4v) is 2.70. The van der Waals surface area contributed by atoms with E-state index in [0.717, 1.165) is 18.8 Å². The number of hydrogen-bond acceptors (Lipinski definition) is 3. The molecule has 1 N–H and O–H groups in total. The summed E-state index contributed by atoms with van der Waals surface area (Å²) < 4.78 is 0. The van der Waals surface area contributed by atoms with Crippen LogP contribution >= 0.6 is 0 Å². The maximum absolute atomic E-state index is 9.32. The van der Waals surface area contributed by atoms with Crippen LogP contribution in [0.3, 0.4) is 0 Å². The first-order valence-electron chi connectivity index (χ1n) is 8.06. The van der Waals surface area contributed by atoms with Crippen LogP contribution in [0.15, 0.2) is 0 Å². The molecule has 0 amide bonds. The molecule has 0 bridgehead atoms. The number of nitrogens with one attached hydrogen (secondary N) is 1. The van der Waals surface area contributed by atoms with Crippen molar-refractivity contribution in [1.82, 2.24) is 10.2 Å². The Hall–Kier alpha value is -0.590. The number of nitriles is 1. The van der Waals surface area contributed by atoms with E-state index in [9.17, 15) is 5.26 Å². The average molecular weight is 263 g/mol. The molecule has 19 heavy (non-hydrogen) atoms. The van der Waals surface area contributed by atoms with Gasteiger partial charge < -0.3 is 4.90 Å². The molecule has 0 heterocycles. The molecule has 0 saturated heterocycles. The predicted molar refractivity (Wildman–Crippen MR) is 78.9 cm³/mol. The van der Waals surface area contributed by atoms with Crippen molar-refractivity contribution in [2.24, 2.45) is 5.92 Å². The van der Waals surface area contributed by atoms with Crippen LogP contribution in [0, 0.1) is 17.2 Å². The lowest BCUT2D eigenvalue weighted by Gasteiger charge is -2.24. The van der Waals surface area contributed by atoms with E-state index in [2.05, 4.69) is 30.1 Å². The van der Waals surface area contributed by atoms with E-state index in [-0.39, 0.29) is 5.54 Å². The Morgan fingerprint density at radius 3 is 2.53 bits per heavy atom. The van der Waals surface area contributed by atoms with Crippen molar-refractivity contribution in [3.8, 4) is 6.07 Å². The van der Waals surface area contributed by atoms with Gasteiger partial charge in [0.05, 0.1) is 6.07 Å². The first-order chi connectivity index (χ1) is 9.15. The van der Waals surface area contributed by atoms with Crippen molar-refractivity contribution in [2.75, 3.05) is 19.6 Å². The molecule has 3 heteroatoms. The van der Waals surface area contributed by atoms with Crippen molar-refractivity contribution in [2.45, 2.75) is 70.4 Å². The second-order valence-electron chi connectivity index (χ2n) is 6.66. The third kappa shape index (κ3) is 5.50. The van der Waals surface area contributed by atoms with Gasteiger partial charge >= 0.3 is 0 Å². The number of unbranched alkanes of at least 4 members (excludes halogenated alkanes) is 1. The second-order valence-corrected chi connectivity index (χ2v) is 6.66. The van der Waals surface area contributed by atoms with Gasteiger partial charge in [0.25, 0.3) is 0 Å². The van der Waals surface area contributed by atoms with Crippen LogP contribution in [0.2, 0.25) is 0 Å². The van der Waals surface area contributed by atoms with Crippen molar-refractivity contribution in [1.29, 1.82) is 5.26 Å². The van der Waals surface area contributed by atoms with Crippen molar-refractivity contribution >= 4 is 0 Å². The Morgan fingerprint density at radius 2 is 2.00 bits per heavy atom. The molecule has 1 unspecified atom stereocenters. The summed E-state index contributed by atoms with van der Waals surface area (Å²) in [4.78, 5) is 2.58. The quantitative estimate of drug-likeness (QED) is 0.616. The number of rotatable bonds is 10. The summed E-state index contributed by atoms with van der Waals surface area (Å²) in [5, 5.41) is 12.8. The van der Waals surface area contributed by atoms with Gasteiger partial charge in [-0.2, -0.15) is 5.26 Å². The summed E-state index contributed by atoms with van der Waals surface area (Å²) >= 11 is 0. The summed E-state index contributed by atoms with van der Waals surface area (Å²) in [6.07, 6.45) is 8.75. The highest BCUT2D eigenvalue weighted by molar-refractivity contribution is 5.06. The van der Waals surface area contributed by atoms with Gasteiger partial charge in [0, 0.05) is 12.6 Å². The zero-order valence-corrected chi connectivity index (χ0v) is 12.6. The summed E-state index contributed by atoms with van der Waals surface area (Å²) in [5.74, 6) is 0.987. The lowest BCUT2D eigenvalue weighted by Crippen LogP contribution is -2.42. The molecule has 108 valence electrons. The molecular formula is C16H29N3. The van der Waals surface area contributed by atoms with Crippen molar-refractivity contribution in [3.05, 3.63) is 0 Å². The molecule has 2 rings (SSSR count). The molecule has 0 radical (unpaired) electrons. The smallest absolute Gasteiger partial charge is 0.104 e. The van der Waals surface area contributed by atoms with E-state index < -0.39 is 0 Å². The molecule has 0 aromatic rings. The standard InChI is InChI=1S/C16H29N3/c1-3-19(12-14-6-7-14)11-5-4-10-16(2,13-17)18-15-8-9-15/h14-15,18H,3-12H2,1-2H3. The third-order valence-corrected chi connectivity index (χ3v) is 4.41. The lowest BCUT2D eigenvalue weighted by molar-refractivity contribution is 0.265. The molecule has 0 aromatic carbocycles. The van der Waals surface area contributed by atoms with Gasteiger partial charge in [-0.3, -0.25) is 5.32 Å². The van der Waals surface area contributed by atoms with Crippen LogP contribution in [0.25, 0.3) is 0 Å². The van der Waals surface area contributed by atoms with E-state index in [1.807, 2.05) is 0 Å². The normalized spacial score (nSPS) is 22.2. The fraction of sp³-hybridized carbons (Fsp3) is 0.938. The minimum absolute atomic E-state index is 0.297. The maximum atomic E-state index is 9.32. The van der Waals surface area contributed by atoms with Gasteiger partial charge in [-0.1, -0.05) is 6.92 Å². The van der Waals surface area contributed by atoms with E-state index in [1.165, 1.54) is 51.7 Å². The Balaban J connectivity index is 1.59. The van der Waals surface area contributed by atoms with Crippen LogP contribution < -0.4 is 5.32 Å². The number of hydrogen-bond donors (Lipinski definition) is 1. The molecule has 1 atom stereocenters. The summed E-state index contributed by atoms with van der Waals surface area (Å²) in [6, 6.07) is 3.09. The van der Waals surface area contributed by atoms with E-state index in [4.69, 9.17) is 0 Å². The molecule has 2 fully saturated rings. The van der Waals surface area contributed by atoms with Crippen LogP contribution in [-0.4, -0.2) is 36.1 Å². The average Bonchev–Trinajstić information content (AvgIpc) is 3.29. The zero-order valence-electron chi connectivity index (χ0n) is 12.6. The van der Waals surface area contributed by atoms with E-state index in [1.54, 1.807) is 0 Å². The van der Waals surface area contributed by atoms with E-state index in [0.29, 0.717) is 6.04 Å². The minimum atomic E-state index is -0.297. The van der Waals surface area contributed by atoms with Crippen LogP contribution in [0.5, 0.6) is 0 Å². The monoisotopic (exact) mass is 263 g/mol. The summed E-state index contributed by atoms with van der Waals surface area (Å²) in [7, 11) is 0. The Bertz CT molecular complexity index is 314. The van der Waals surface area contributed by atoms with Gasteiger partial charge in [0.15, 0.2) is 0 Å². The largest absolute Gasteiger partial charge is 0.303 e. The highest BCUT2D eigenvalue weighted by Crippen LogP contribution is 2.30. The molecule has 0 spiro atoms. The highest BCUT2D eigenvalue weighted by atomic mass is 15.1. The first-order valence-corrected chi connectivity index (χ1v) is 8.06.